The van der Waals surface area contributed by atoms with Gasteiger partial charge in [0.05, 0.1) is 17.5 Å². The van der Waals surface area contributed by atoms with Crippen molar-refractivity contribution in [1.82, 2.24) is 14.5 Å². The van der Waals surface area contributed by atoms with Crippen LogP contribution in [-0.4, -0.2) is 38.9 Å². The van der Waals surface area contributed by atoms with E-state index in [-0.39, 0.29) is 40.4 Å². The highest BCUT2D eigenvalue weighted by Crippen LogP contribution is 2.52. The van der Waals surface area contributed by atoms with Crippen molar-refractivity contribution in [2.24, 2.45) is 0 Å². The van der Waals surface area contributed by atoms with Crippen LogP contribution in [0.3, 0.4) is 0 Å². The van der Waals surface area contributed by atoms with Crippen LogP contribution in [0.1, 0.15) is 37.8 Å². The second kappa shape index (κ2) is 7.48. The molecule has 2 fully saturated rings. The molecule has 0 spiro atoms. The first-order valence-corrected chi connectivity index (χ1v) is 10.7. The van der Waals surface area contributed by atoms with Gasteiger partial charge >= 0.3 is 6.36 Å². The van der Waals surface area contributed by atoms with E-state index in [1.165, 1.54) is 18.2 Å². The van der Waals surface area contributed by atoms with Gasteiger partial charge in [-0.1, -0.05) is 23.7 Å². The summed E-state index contributed by atoms with van der Waals surface area (Å²) in [5, 5.41) is 0.912. The quantitative estimate of drug-likeness (QED) is 0.340. The van der Waals surface area contributed by atoms with Crippen molar-refractivity contribution in [2.75, 3.05) is 0 Å². The summed E-state index contributed by atoms with van der Waals surface area (Å²) < 4.78 is 56.6. The van der Waals surface area contributed by atoms with E-state index in [0.29, 0.717) is 23.0 Å². The molecule has 1 saturated carbocycles. The first-order chi connectivity index (χ1) is 15.0. The summed E-state index contributed by atoms with van der Waals surface area (Å²) >= 11 is 12.3. The average molecular weight is 488 g/mol. The summed E-state index contributed by atoms with van der Waals surface area (Å²) in [4.78, 5) is 8.31. The Balaban J connectivity index is 1.54. The van der Waals surface area contributed by atoms with Gasteiger partial charge in [-0.25, -0.2) is 4.98 Å². The third-order valence-corrected chi connectivity index (χ3v) is 6.27. The summed E-state index contributed by atoms with van der Waals surface area (Å²) in [7, 11) is 0. The Hall–Kier alpha value is -2.07. The molecule has 0 unspecified atom stereocenters. The van der Waals surface area contributed by atoms with Gasteiger partial charge in [-0.2, -0.15) is 4.98 Å². The maximum Gasteiger partial charge on any atom is 0.573 e. The molecule has 2 aromatic heterocycles. The molecule has 0 amide bonds. The Labute approximate surface area is 191 Å². The molecule has 1 aliphatic heterocycles. The van der Waals surface area contributed by atoms with Crippen molar-refractivity contribution in [1.29, 1.82) is 0 Å². The SMILES string of the molecule is CC1(C)O[C@@H]2[C@H](O1)[C@@H](c1cccc(OC(F)(F)F)c1)C[C@H]2n1ccc2c(Cl)nc(Cl)nc21. The number of hydrogen-bond donors (Lipinski definition) is 0. The van der Waals surface area contributed by atoms with Crippen molar-refractivity contribution in [3.8, 4) is 5.75 Å². The van der Waals surface area contributed by atoms with Gasteiger partial charge in [-0.05, 0) is 55.6 Å². The fourth-order valence-electron chi connectivity index (χ4n) is 4.73. The van der Waals surface area contributed by atoms with E-state index in [1.807, 2.05) is 24.6 Å². The fraction of sp³-hybridized carbons (Fsp3) is 0.429. The Kier molecular flexibility index (Phi) is 5.09. The zero-order valence-corrected chi connectivity index (χ0v) is 18.4. The molecule has 3 aromatic rings. The van der Waals surface area contributed by atoms with Crippen LogP contribution in [0.4, 0.5) is 13.2 Å². The molecular formula is C21H18Cl2F3N3O3. The summed E-state index contributed by atoms with van der Waals surface area (Å²) in [5.74, 6) is -1.35. The first kappa shape index (κ1) is 21.8. The standard InChI is InChI=1S/C21H18Cl2F3N3O3/c1-20(2)31-15-13(10-4-3-5-11(8-10)30-21(24,25)26)9-14(16(15)32-20)29-7-6-12-17(22)27-19(23)28-18(12)29/h3-8,13-16H,9H2,1-2H3/t13-,14-,15-,16+/m1/s1. The monoisotopic (exact) mass is 487 g/mol. The molecule has 6 nitrogen and oxygen atoms in total. The van der Waals surface area contributed by atoms with Crippen LogP contribution in [-0.2, 0) is 9.47 Å². The molecule has 0 N–H and O–H groups in total. The molecule has 1 aromatic carbocycles. The van der Waals surface area contributed by atoms with Crippen molar-refractivity contribution >= 4 is 34.2 Å². The third kappa shape index (κ3) is 3.91. The van der Waals surface area contributed by atoms with E-state index in [0.717, 1.165) is 0 Å². The Morgan fingerprint density at radius 1 is 1.12 bits per heavy atom. The highest BCUT2D eigenvalue weighted by atomic mass is 35.5. The van der Waals surface area contributed by atoms with E-state index >= 15 is 0 Å². The molecule has 0 radical (unpaired) electrons. The lowest BCUT2D eigenvalue weighted by molar-refractivity contribution is -0.274. The van der Waals surface area contributed by atoms with Crippen LogP contribution in [0.5, 0.6) is 5.75 Å². The number of rotatable bonds is 3. The molecule has 11 heteroatoms. The normalized spacial score (nSPS) is 27.1. The maximum atomic E-state index is 12.7. The molecule has 32 heavy (non-hydrogen) atoms. The minimum atomic E-state index is -4.77. The summed E-state index contributed by atoms with van der Waals surface area (Å²) in [6, 6.07) is 7.57. The lowest BCUT2D eigenvalue weighted by Crippen LogP contribution is -2.27. The van der Waals surface area contributed by atoms with Crippen LogP contribution in [0.2, 0.25) is 10.4 Å². The topological polar surface area (TPSA) is 58.4 Å². The molecular weight excluding hydrogens is 470 g/mol. The zero-order valence-electron chi connectivity index (χ0n) is 16.9. The van der Waals surface area contributed by atoms with Crippen molar-refractivity contribution in [3.63, 3.8) is 0 Å². The minimum Gasteiger partial charge on any atom is -0.406 e. The summed E-state index contributed by atoms with van der Waals surface area (Å²) in [6.07, 6.45) is -3.11. The van der Waals surface area contributed by atoms with Crippen molar-refractivity contribution in [2.45, 2.75) is 56.6 Å². The van der Waals surface area contributed by atoms with Gasteiger partial charge in [-0.3, -0.25) is 0 Å². The van der Waals surface area contributed by atoms with Crippen molar-refractivity contribution in [3.05, 3.63) is 52.5 Å². The number of benzene rings is 1. The van der Waals surface area contributed by atoms with Gasteiger partial charge in [-0.15, -0.1) is 13.2 Å². The maximum absolute atomic E-state index is 12.7. The molecule has 4 atom stereocenters. The number of ether oxygens (including phenoxy) is 3. The number of alkyl halides is 3. The number of fused-ring (bicyclic) bond motifs is 2. The second-order valence-corrected chi connectivity index (χ2v) is 9.03. The van der Waals surface area contributed by atoms with Gasteiger partial charge in [0.2, 0.25) is 5.28 Å². The van der Waals surface area contributed by atoms with Gasteiger partial charge < -0.3 is 18.8 Å². The lowest BCUT2D eigenvalue weighted by atomic mass is 9.95. The summed E-state index contributed by atoms with van der Waals surface area (Å²) in [5.41, 5.74) is 1.23. The van der Waals surface area contributed by atoms with Crippen LogP contribution < -0.4 is 4.74 Å². The van der Waals surface area contributed by atoms with E-state index in [1.54, 1.807) is 12.1 Å². The molecule has 3 heterocycles. The number of hydrogen-bond acceptors (Lipinski definition) is 5. The smallest absolute Gasteiger partial charge is 0.406 e. The number of nitrogens with zero attached hydrogens (tertiary/aromatic N) is 3. The van der Waals surface area contributed by atoms with Gasteiger partial charge in [0.15, 0.2) is 5.79 Å². The molecule has 0 bridgehead atoms. The first-order valence-electron chi connectivity index (χ1n) is 9.92. The van der Waals surface area contributed by atoms with Crippen LogP contribution in [0, 0.1) is 0 Å². The molecule has 5 rings (SSSR count). The lowest BCUT2D eigenvalue weighted by Gasteiger charge is -2.25. The Morgan fingerprint density at radius 2 is 1.88 bits per heavy atom. The van der Waals surface area contributed by atoms with Gasteiger partial charge in [0.25, 0.3) is 0 Å². The predicted molar refractivity (Wildman–Crippen MR) is 111 cm³/mol. The van der Waals surface area contributed by atoms with Crippen LogP contribution >= 0.6 is 23.2 Å². The third-order valence-electron chi connectivity index (χ3n) is 5.81. The number of halogens is 5. The second-order valence-electron chi connectivity index (χ2n) is 8.34. The molecule has 170 valence electrons. The highest BCUT2D eigenvalue weighted by molar-refractivity contribution is 6.35. The van der Waals surface area contributed by atoms with Gasteiger partial charge in [0.1, 0.15) is 22.7 Å². The zero-order chi connectivity index (χ0) is 22.8. The van der Waals surface area contributed by atoms with Gasteiger partial charge in [0, 0.05) is 12.1 Å². The predicted octanol–water partition coefficient (Wildman–Crippen LogP) is 5.89. The van der Waals surface area contributed by atoms with E-state index < -0.39 is 12.1 Å². The Bertz CT molecular complexity index is 1180. The minimum absolute atomic E-state index is 0.0227. The van der Waals surface area contributed by atoms with Crippen LogP contribution in [0.25, 0.3) is 11.0 Å². The fourth-order valence-corrected chi connectivity index (χ4v) is 5.17. The number of aromatic nitrogens is 3. The molecule has 1 saturated heterocycles. The highest BCUT2D eigenvalue weighted by Gasteiger charge is 2.55. The van der Waals surface area contributed by atoms with E-state index in [9.17, 15) is 13.2 Å². The molecule has 2 aliphatic rings. The Morgan fingerprint density at radius 3 is 2.62 bits per heavy atom. The molecule has 1 aliphatic carbocycles. The average Bonchev–Trinajstić information content (AvgIpc) is 3.31. The summed E-state index contributed by atoms with van der Waals surface area (Å²) in [6.45, 7) is 3.62. The van der Waals surface area contributed by atoms with Crippen LogP contribution in [0.15, 0.2) is 36.5 Å². The largest absolute Gasteiger partial charge is 0.573 e. The van der Waals surface area contributed by atoms with E-state index in [2.05, 4.69) is 14.7 Å². The van der Waals surface area contributed by atoms with Crippen molar-refractivity contribution < 1.29 is 27.4 Å². The van der Waals surface area contributed by atoms with E-state index in [4.69, 9.17) is 32.7 Å².